The number of halogens is 1. The van der Waals surface area contributed by atoms with E-state index in [4.69, 9.17) is 16.3 Å². The number of hydrogen-bond acceptors (Lipinski definition) is 4. The van der Waals surface area contributed by atoms with Gasteiger partial charge in [-0.05, 0) is 43.9 Å². The van der Waals surface area contributed by atoms with Crippen LogP contribution in [0.2, 0.25) is 5.02 Å². The van der Waals surface area contributed by atoms with E-state index in [0.717, 1.165) is 57.8 Å². The first kappa shape index (κ1) is 24.0. The zero-order valence-electron chi connectivity index (χ0n) is 20.5. The van der Waals surface area contributed by atoms with Crippen LogP contribution < -0.4 is 10.6 Å². The van der Waals surface area contributed by atoms with Crippen LogP contribution in [0.1, 0.15) is 64.2 Å². The Hall–Kier alpha value is -2.38. The molecule has 1 aromatic rings. The molecule has 2 bridgehead atoms. The molecule has 2 saturated carbocycles. The molecule has 192 valence electrons. The standard InChI is InChI=1S/C28H34ClN3O4/c29-17-8-7-11-19(16-17)31-25(33)22-21-14-15-28(36-21)23(22)27(35)32(20-12-5-2-6-13-20)24(28)26(34)30-18-9-3-1-4-10-18/h7-8,11,14-16,18,20-24H,1-6,9-10,12-13H2,(H,30,34)(H,31,33). The van der Waals surface area contributed by atoms with Crippen molar-refractivity contribution >= 4 is 35.0 Å². The van der Waals surface area contributed by atoms with E-state index < -0.39 is 29.6 Å². The number of likely N-dealkylation sites (tertiary alicyclic amines) is 1. The number of fused-ring (bicyclic) bond motifs is 1. The fourth-order valence-electron chi connectivity index (χ4n) is 7.28. The van der Waals surface area contributed by atoms with Gasteiger partial charge in [-0.3, -0.25) is 14.4 Å². The highest BCUT2D eigenvalue weighted by molar-refractivity contribution is 6.30. The Kier molecular flexibility index (Phi) is 6.32. The lowest BCUT2D eigenvalue weighted by molar-refractivity contribution is -0.144. The van der Waals surface area contributed by atoms with Crippen molar-refractivity contribution in [3.05, 3.63) is 41.4 Å². The van der Waals surface area contributed by atoms with Gasteiger partial charge in [-0.2, -0.15) is 0 Å². The Morgan fingerprint density at radius 2 is 1.72 bits per heavy atom. The minimum atomic E-state index is -1.10. The fourth-order valence-corrected chi connectivity index (χ4v) is 7.47. The topological polar surface area (TPSA) is 87.7 Å². The molecule has 0 aromatic heterocycles. The van der Waals surface area contributed by atoms with Crippen molar-refractivity contribution in [3.8, 4) is 0 Å². The SMILES string of the molecule is O=C(Nc1cccc(Cl)c1)C1C2C=CC3(O2)C1C(=O)N(C1CCCCC1)C3C(=O)NC1CCCCC1. The predicted octanol–water partition coefficient (Wildman–Crippen LogP) is 4.21. The maximum atomic E-state index is 14.1. The molecule has 1 aromatic carbocycles. The Labute approximate surface area is 217 Å². The normalized spacial score (nSPS) is 34.1. The average Bonchev–Trinajstić information content (AvgIpc) is 3.52. The molecule has 4 fully saturated rings. The van der Waals surface area contributed by atoms with Crippen molar-refractivity contribution in [2.24, 2.45) is 11.8 Å². The maximum Gasteiger partial charge on any atom is 0.246 e. The highest BCUT2D eigenvalue weighted by Crippen LogP contribution is 2.56. The van der Waals surface area contributed by atoms with Crippen LogP contribution in [-0.2, 0) is 19.1 Å². The van der Waals surface area contributed by atoms with Crippen LogP contribution in [0.15, 0.2) is 36.4 Å². The summed E-state index contributed by atoms with van der Waals surface area (Å²) in [7, 11) is 0. The average molecular weight is 512 g/mol. The minimum absolute atomic E-state index is 0.000946. The largest absolute Gasteiger partial charge is 0.359 e. The second kappa shape index (κ2) is 9.49. The Bertz CT molecular complexity index is 1080. The third-order valence-corrected chi connectivity index (χ3v) is 9.11. The number of carbonyl (C=O) groups excluding carboxylic acids is 3. The summed E-state index contributed by atoms with van der Waals surface area (Å²) in [6, 6.07) is 6.36. The van der Waals surface area contributed by atoms with E-state index in [2.05, 4.69) is 10.6 Å². The number of anilines is 1. The van der Waals surface area contributed by atoms with E-state index in [1.54, 1.807) is 24.3 Å². The number of nitrogens with zero attached hydrogens (tertiary/aromatic N) is 1. The molecule has 6 rings (SSSR count). The summed E-state index contributed by atoms with van der Waals surface area (Å²) in [5.41, 5.74) is -0.525. The van der Waals surface area contributed by atoms with Crippen LogP contribution in [0.5, 0.6) is 0 Å². The maximum absolute atomic E-state index is 14.1. The van der Waals surface area contributed by atoms with Crippen LogP contribution in [0.3, 0.4) is 0 Å². The van der Waals surface area contributed by atoms with Crippen LogP contribution in [0, 0.1) is 11.8 Å². The minimum Gasteiger partial charge on any atom is -0.359 e. The van der Waals surface area contributed by atoms with Gasteiger partial charge in [-0.25, -0.2) is 0 Å². The highest BCUT2D eigenvalue weighted by Gasteiger charge is 2.73. The second-order valence-electron chi connectivity index (χ2n) is 11.1. The van der Waals surface area contributed by atoms with Crippen LogP contribution in [-0.4, -0.2) is 52.5 Å². The van der Waals surface area contributed by atoms with Crippen molar-refractivity contribution in [1.82, 2.24) is 10.2 Å². The Morgan fingerprint density at radius 1 is 1.00 bits per heavy atom. The van der Waals surface area contributed by atoms with Crippen molar-refractivity contribution < 1.29 is 19.1 Å². The van der Waals surface area contributed by atoms with Crippen LogP contribution >= 0.6 is 11.6 Å². The van der Waals surface area contributed by atoms with Gasteiger partial charge in [-0.15, -0.1) is 0 Å². The summed E-state index contributed by atoms with van der Waals surface area (Å²) in [5.74, 6) is -1.94. The van der Waals surface area contributed by atoms with Gasteiger partial charge in [0.05, 0.1) is 17.9 Å². The van der Waals surface area contributed by atoms with Crippen molar-refractivity contribution in [2.45, 2.75) is 94.0 Å². The molecule has 0 radical (unpaired) electrons. The van der Waals surface area contributed by atoms with Gasteiger partial charge in [0.25, 0.3) is 0 Å². The summed E-state index contributed by atoms with van der Waals surface area (Å²) in [6.45, 7) is 0. The van der Waals surface area contributed by atoms with Gasteiger partial charge in [0.15, 0.2) is 0 Å². The second-order valence-corrected chi connectivity index (χ2v) is 11.5. The summed E-state index contributed by atoms with van der Waals surface area (Å²) in [4.78, 5) is 43.4. The molecule has 2 aliphatic carbocycles. The summed E-state index contributed by atoms with van der Waals surface area (Å²) in [6.07, 6.45) is 13.6. The molecule has 3 heterocycles. The van der Waals surface area contributed by atoms with Crippen molar-refractivity contribution in [1.29, 1.82) is 0 Å². The molecule has 7 nitrogen and oxygen atoms in total. The lowest BCUT2D eigenvalue weighted by atomic mass is 9.74. The molecular formula is C28H34ClN3O4. The predicted molar refractivity (Wildman–Crippen MR) is 136 cm³/mol. The van der Waals surface area contributed by atoms with Gasteiger partial charge in [-0.1, -0.05) is 68.3 Å². The number of amides is 3. The number of ether oxygens (including phenoxy) is 1. The molecule has 5 atom stereocenters. The fraction of sp³-hybridized carbons (Fsp3) is 0.607. The van der Waals surface area contributed by atoms with Gasteiger partial charge < -0.3 is 20.3 Å². The quantitative estimate of drug-likeness (QED) is 0.580. The van der Waals surface area contributed by atoms with E-state index in [9.17, 15) is 14.4 Å². The molecule has 8 heteroatoms. The molecular weight excluding hydrogens is 478 g/mol. The van der Waals surface area contributed by atoms with E-state index in [1.807, 2.05) is 17.1 Å². The van der Waals surface area contributed by atoms with E-state index in [-0.39, 0.29) is 29.8 Å². The molecule has 2 saturated heterocycles. The van der Waals surface area contributed by atoms with Gasteiger partial charge in [0.1, 0.15) is 11.6 Å². The number of nitrogens with one attached hydrogen (secondary N) is 2. The number of benzene rings is 1. The number of carbonyl (C=O) groups is 3. The van der Waals surface area contributed by atoms with E-state index >= 15 is 0 Å². The Morgan fingerprint density at radius 3 is 2.44 bits per heavy atom. The molecule has 3 aliphatic heterocycles. The van der Waals surface area contributed by atoms with Crippen molar-refractivity contribution in [3.63, 3.8) is 0 Å². The van der Waals surface area contributed by atoms with Gasteiger partial charge >= 0.3 is 0 Å². The van der Waals surface area contributed by atoms with E-state index in [0.29, 0.717) is 10.7 Å². The lowest BCUT2D eigenvalue weighted by Gasteiger charge is -2.39. The monoisotopic (exact) mass is 511 g/mol. The molecule has 1 spiro atoms. The van der Waals surface area contributed by atoms with Gasteiger partial charge in [0.2, 0.25) is 17.7 Å². The highest BCUT2D eigenvalue weighted by atomic mass is 35.5. The first-order valence-electron chi connectivity index (χ1n) is 13.5. The van der Waals surface area contributed by atoms with Crippen LogP contribution in [0.25, 0.3) is 0 Å². The lowest BCUT2D eigenvalue weighted by Crippen LogP contribution is -2.58. The molecule has 5 unspecified atom stereocenters. The molecule has 2 N–H and O–H groups in total. The third kappa shape index (κ3) is 3.95. The summed E-state index contributed by atoms with van der Waals surface area (Å²) < 4.78 is 6.47. The smallest absolute Gasteiger partial charge is 0.246 e. The van der Waals surface area contributed by atoms with Crippen LogP contribution in [0.4, 0.5) is 5.69 Å². The molecule has 3 amide bonds. The zero-order chi connectivity index (χ0) is 24.9. The van der Waals surface area contributed by atoms with Gasteiger partial charge in [0, 0.05) is 22.8 Å². The first-order chi connectivity index (χ1) is 17.5. The number of hydrogen-bond donors (Lipinski definition) is 2. The summed E-state index contributed by atoms with van der Waals surface area (Å²) >= 11 is 6.11. The zero-order valence-corrected chi connectivity index (χ0v) is 21.2. The van der Waals surface area contributed by atoms with Crippen molar-refractivity contribution in [2.75, 3.05) is 5.32 Å². The number of rotatable bonds is 5. The third-order valence-electron chi connectivity index (χ3n) is 8.87. The summed E-state index contributed by atoms with van der Waals surface area (Å²) in [5, 5.41) is 6.73. The Balaban J connectivity index is 1.32. The van der Waals surface area contributed by atoms with E-state index in [1.165, 1.54) is 6.42 Å². The molecule has 36 heavy (non-hydrogen) atoms. The molecule has 5 aliphatic rings. The first-order valence-corrected chi connectivity index (χ1v) is 13.9.